The van der Waals surface area contributed by atoms with Gasteiger partial charge in [-0.3, -0.25) is 4.98 Å². The fourth-order valence-electron chi connectivity index (χ4n) is 1.67. The Bertz CT molecular complexity index is 542. The highest BCUT2D eigenvalue weighted by Gasteiger charge is 2.14. The molecule has 0 amide bonds. The molecule has 84 valence electrons. The highest BCUT2D eigenvalue weighted by Crippen LogP contribution is 2.33. The van der Waals surface area contributed by atoms with Crippen LogP contribution in [0.5, 0.6) is 5.75 Å². The number of nitrogens with zero attached hydrogens (tertiary/aromatic N) is 1. The van der Waals surface area contributed by atoms with Crippen LogP contribution in [0.1, 0.15) is 0 Å². The molecule has 0 saturated heterocycles. The molecule has 0 unspecified atom stereocenters. The molecule has 5 heteroatoms. The van der Waals surface area contributed by atoms with E-state index in [2.05, 4.69) is 10.3 Å². The maximum Gasteiger partial charge on any atom is 0.176 e. The molecule has 0 spiro atoms. The summed E-state index contributed by atoms with van der Waals surface area (Å²) in [5.74, 6) is -0.277. The first-order valence-corrected chi connectivity index (χ1v) is 4.77. The molecule has 2 aromatic rings. The number of rotatable bonds is 2. The molecule has 3 N–H and O–H groups in total. The lowest BCUT2D eigenvalue weighted by molar-refractivity contribution is 0.389. The van der Waals surface area contributed by atoms with E-state index >= 15 is 0 Å². The average molecular weight is 221 g/mol. The molecule has 1 aromatic carbocycles. The van der Waals surface area contributed by atoms with Crippen molar-refractivity contribution in [1.82, 2.24) is 4.98 Å². The van der Waals surface area contributed by atoms with Crippen LogP contribution in [0.25, 0.3) is 10.9 Å². The van der Waals surface area contributed by atoms with Gasteiger partial charge in [-0.1, -0.05) is 0 Å². The summed E-state index contributed by atoms with van der Waals surface area (Å²) in [6, 6.07) is 3.23. The summed E-state index contributed by atoms with van der Waals surface area (Å²) in [6.07, 6.45) is 1.50. The third-order valence-corrected chi connectivity index (χ3v) is 2.44. The van der Waals surface area contributed by atoms with Gasteiger partial charge in [-0.2, -0.15) is 0 Å². The molecule has 0 atom stereocenters. The summed E-state index contributed by atoms with van der Waals surface area (Å²) >= 11 is 0. The lowest BCUT2D eigenvalue weighted by atomic mass is 10.1. The van der Waals surface area contributed by atoms with Gasteiger partial charge < -0.3 is 15.8 Å². The van der Waals surface area contributed by atoms with Crippen molar-refractivity contribution in [2.75, 3.05) is 25.2 Å². The number of methoxy groups -OCH3 is 1. The highest BCUT2D eigenvalue weighted by atomic mass is 19.1. The summed E-state index contributed by atoms with van der Waals surface area (Å²) in [5.41, 5.74) is 7.20. The summed E-state index contributed by atoms with van der Waals surface area (Å²) < 4.78 is 19.0. The summed E-state index contributed by atoms with van der Waals surface area (Å²) in [4.78, 5) is 4.07. The fraction of sp³-hybridized carbons (Fsp3) is 0.182. The number of fused-ring (bicyclic) bond motifs is 1. The Kier molecular flexibility index (Phi) is 2.52. The molecule has 0 aliphatic rings. The lowest BCUT2D eigenvalue weighted by Gasteiger charge is -2.11. The van der Waals surface area contributed by atoms with E-state index in [-0.39, 0.29) is 5.75 Å². The summed E-state index contributed by atoms with van der Waals surface area (Å²) in [7, 11) is 3.10. The van der Waals surface area contributed by atoms with Crippen molar-refractivity contribution in [3.05, 3.63) is 24.1 Å². The maximum atomic E-state index is 14.0. The Labute approximate surface area is 92.2 Å². The molecule has 0 aliphatic heterocycles. The average Bonchev–Trinajstić information content (AvgIpc) is 2.30. The van der Waals surface area contributed by atoms with Crippen molar-refractivity contribution in [3.8, 4) is 5.75 Å². The first-order valence-electron chi connectivity index (χ1n) is 4.77. The summed E-state index contributed by atoms with van der Waals surface area (Å²) in [6.45, 7) is 0. The van der Waals surface area contributed by atoms with Gasteiger partial charge in [-0.25, -0.2) is 4.39 Å². The van der Waals surface area contributed by atoms with Crippen LogP contribution in [0.3, 0.4) is 0 Å². The van der Waals surface area contributed by atoms with Crippen molar-refractivity contribution in [2.45, 2.75) is 0 Å². The SMILES string of the molecule is CNc1c(N)cnc2ccc(OC)c(F)c12. The Morgan fingerprint density at radius 3 is 2.81 bits per heavy atom. The van der Waals surface area contributed by atoms with E-state index in [0.29, 0.717) is 22.3 Å². The number of anilines is 2. The molecule has 0 aliphatic carbocycles. The Balaban J connectivity index is 2.88. The van der Waals surface area contributed by atoms with Gasteiger partial charge >= 0.3 is 0 Å². The van der Waals surface area contributed by atoms with Gasteiger partial charge in [0.15, 0.2) is 11.6 Å². The van der Waals surface area contributed by atoms with Crippen LogP contribution in [0.15, 0.2) is 18.3 Å². The van der Waals surface area contributed by atoms with E-state index in [9.17, 15) is 4.39 Å². The number of aromatic nitrogens is 1. The normalized spacial score (nSPS) is 10.4. The van der Waals surface area contributed by atoms with E-state index in [1.807, 2.05) is 0 Å². The van der Waals surface area contributed by atoms with Crippen molar-refractivity contribution in [2.24, 2.45) is 0 Å². The Morgan fingerprint density at radius 1 is 1.44 bits per heavy atom. The van der Waals surface area contributed by atoms with Crippen LogP contribution in [0.2, 0.25) is 0 Å². The van der Waals surface area contributed by atoms with Crippen molar-refractivity contribution in [1.29, 1.82) is 0 Å². The van der Waals surface area contributed by atoms with Crippen LogP contribution in [0, 0.1) is 5.82 Å². The van der Waals surface area contributed by atoms with E-state index in [4.69, 9.17) is 10.5 Å². The zero-order valence-electron chi connectivity index (χ0n) is 9.04. The zero-order valence-corrected chi connectivity index (χ0v) is 9.04. The second-order valence-electron chi connectivity index (χ2n) is 3.31. The van der Waals surface area contributed by atoms with Crippen LogP contribution in [0.4, 0.5) is 15.8 Å². The minimum absolute atomic E-state index is 0.177. The Morgan fingerprint density at radius 2 is 2.19 bits per heavy atom. The van der Waals surface area contributed by atoms with Crippen molar-refractivity contribution in [3.63, 3.8) is 0 Å². The predicted octanol–water partition coefficient (Wildman–Crippen LogP) is 2.01. The minimum atomic E-state index is -0.454. The van der Waals surface area contributed by atoms with Crippen molar-refractivity contribution < 1.29 is 9.13 Å². The smallest absolute Gasteiger partial charge is 0.176 e. The summed E-state index contributed by atoms with van der Waals surface area (Å²) in [5, 5.41) is 3.22. The van der Waals surface area contributed by atoms with E-state index in [1.54, 1.807) is 19.2 Å². The van der Waals surface area contributed by atoms with Crippen LogP contribution >= 0.6 is 0 Å². The number of ether oxygens (including phenoxy) is 1. The maximum absolute atomic E-state index is 14.0. The molecule has 2 rings (SSSR count). The molecule has 0 radical (unpaired) electrons. The van der Waals surface area contributed by atoms with E-state index in [0.717, 1.165) is 0 Å². The molecular formula is C11H12FN3O. The van der Waals surface area contributed by atoms with E-state index in [1.165, 1.54) is 13.3 Å². The first kappa shape index (κ1) is 10.5. The molecule has 1 aromatic heterocycles. The topological polar surface area (TPSA) is 60.2 Å². The number of nitrogens with two attached hydrogens (primary N) is 1. The van der Waals surface area contributed by atoms with Crippen LogP contribution in [-0.4, -0.2) is 19.1 Å². The van der Waals surface area contributed by atoms with Gasteiger partial charge in [0, 0.05) is 7.05 Å². The highest BCUT2D eigenvalue weighted by molar-refractivity contribution is 5.98. The predicted molar refractivity (Wildman–Crippen MR) is 62.2 cm³/mol. The number of benzene rings is 1. The van der Waals surface area contributed by atoms with Gasteiger partial charge in [0.1, 0.15) is 0 Å². The second-order valence-corrected chi connectivity index (χ2v) is 3.31. The van der Waals surface area contributed by atoms with Crippen molar-refractivity contribution >= 4 is 22.3 Å². The largest absolute Gasteiger partial charge is 0.494 e. The number of nitrogen functional groups attached to an aromatic ring is 1. The molecule has 1 heterocycles. The van der Waals surface area contributed by atoms with Gasteiger partial charge in [0.05, 0.1) is 35.6 Å². The standard InChI is InChI=1S/C11H12FN3O/c1-14-11-6(13)5-15-7-3-4-8(16-2)10(12)9(7)11/h3-5H,13H2,1-2H3,(H,14,15). The number of hydrogen-bond donors (Lipinski definition) is 2. The fourth-order valence-corrected chi connectivity index (χ4v) is 1.67. The second kappa shape index (κ2) is 3.84. The lowest BCUT2D eigenvalue weighted by Crippen LogP contribution is -2.00. The quantitative estimate of drug-likeness (QED) is 0.814. The minimum Gasteiger partial charge on any atom is -0.494 e. The molecular weight excluding hydrogens is 209 g/mol. The van der Waals surface area contributed by atoms with Gasteiger partial charge in [-0.05, 0) is 12.1 Å². The zero-order chi connectivity index (χ0) is 11.7. The van der Waals surface area contributed by atoms with Crippen LogP contribution in [-0.2, 0) is 0 Å². The van der Waals surface area contributed by atoms with Gasteiger partial charge in [-0.15, -0.1) is 0 Å². The number of nitrogens with one attached hydrogen (secondary N) is 1. The molecule has 16 heavy (non-hydrogen) atoms. The van der Waals surface area contributed by atoms with Gasteiger partial charge in [0.25, 0.3) is 0 Å². The third-order valence-electron chi connectivity index (χ3n) is 2.44. The number of halogens is 1. The third kappa shape index (κ3) is 1.41. The molecule has 0 fully saturated rings. The first-order chi connectivity index (χ1) is 7.69. The molecule has 0 bridgehead atoms. The number of hydrogen-bond acceptors (Lipinski definition) is 4. The van der Waals surface area contributed by atoms with Crippen LogP contribution < -0.4 is 15.8 Å². The monoisotopic (exact) mass is 221 g/mol. The molecule has 4 nitrogen and oxygen atoms in total. The number of pyridine rings is 1. The van der Waals surface area contributed by atoms with Gasteiger partial charge in [0.2, 0.25) is 0 Å². The van der Waals surface area contributed by atoms with E-state index < -0.39 is 5.82 Å². The molecule has 0 saturated carbocycles. The Hall–Kier alpha value is -2.04.